The summed E-state index contributed by atoms with van der Waals surface area (Å²) in [5, 5.41) is 6.40. The number of hydrogen-bond donors (Lipinski definition) is 2. The zero-order valence-corrected chi connectivity index (χ0v) is 12.0. The van der Waals surface area contributed by atoms with E-state index in [0.717, 1.165) is 4.47 Å². The summed E-state index contributed by atoms with van der Waals surface area (Å²) in [6, 6.07) is 1.64. The molecule has 2 amide bonds. The predicted molar refractivity (Wildman–Crippen MR) is 72.5 cm³/mol. The van der Waals surface area contributed by atoms with Crippen molar-refractivity contribution in [3.05, 3.63) is 21.8 Å². The standard InChI is InChI=1S/C10H14BrClN4O/c1-16(2)10(17)14-4-3-13-9-8(11)5-7(12)6-15-9/h5-6H,3-4H2,1-2H3,(H,13,15)(H,14,17). The van der Waals surface area contributed by atoms with Crippen molar-refractivity contribution in [1.29, 1.82) is 0 Å². The van der Waals surface area contributed by atoms with Crippen molar-refractivity contribution in [3.63, 3.8) is 0 Å². The largest absolute Gasteiger partial charge is 0.367 e. The molecule has 94 valence electrons. The van der Waals surface area contributed by atoms with Gasteiger partial charge in [-0.2, -0.15) is 0 Å². The van der Waals surface area contributed by atoms with Gasteiger partial charge in [-0.05, 0) is 22.0 Å². The third kappa shape index (κ3) is 4.79. The number of nitrogens with zero attached hydrogens (tertiary/aromatic N) is 2. The van der Waals surface area contributed by atoms with Crippen molar-refractivity contribution < 1.29 is 4.79 Å². The first-order chi connectivity index (χ1) is 8.00. The summed E-state index contributed by atoms with van der Waals surface area (Å²) in [5.74, 6) is 0.702. The van der Waals surface area contributed by atoms with Crippen molar-refractivity contribution in [2.75, 3.05) is 32.5 Å². The van der Waals surface area contributed by atoms with Gasteiger partial charge in [0, 0.05) is 33.4 Å². The Hall–Kier alpha value is -1.01. The van der Waals surface area contributed by atoms with Crippen molar-refractivity contribution in [1.82, 2.24) is 15.2 Å². The number of nitrogens with one attached hydrogen (secondary N) is 2. The van der Waals surface area contributed by atoms with E-state index in [0.29, 0.717) is 23.9 Å². The minimum atomic E-state index is -0.116. The molecule has 1 heterocycles. The average molecular weight is 322 g/mol. The molecular weight excluding hydrogens is 307 g/mol. The SMILES string of the molecule is CN(C)C(=O)NCCNc1ncc(Cl)cc1Br. The van der Waals surface area contributed by atoms with Gasteiger partial charge in [0.25, 0.3) is 0 Å². The second-order valence-electron chi connectivity index (χ2n) is 3.54. The number of urea groups is 1. The third-order valence-corrected chi connectivity index (χ3v) is 2.72. The summed E-state index contributed by atoms with van der Waals surface area (Å²) >= 11 is 9.12. The fourth-order valence-corrected chi connectivity index (χ4v) is 1.83. The van der Waals surface area contributed by atoms with Gasteiger partial charge in [-0.1, -0.05) is 11.6 Å². The van der Waals surface area contributed by atoms with Crippen LogP contribution in [0, 0.1) is 0 Å². The second kappa shape index (κ2) is 6.66. The topological polar surface area (TPSA) is 57.3 Å². The molecule has 0 aromatic carbocycles. The molecule has 0 aliphatic heterocycles. The van der Waals surface area contributed by atoms with Crippen LogP contribution in [0.3, 0.4) is 0 Å². The molecule has 5 nitrogen and oxygen atoms in total. The van der Waals surface area contributed by atoms with Gasteiger partial charge < -0.3 is 15.5 Å². The highest BCUT2D eigenvalue weighted by Crippen LogP contribution is 2.22. The van der Waals surface area contributed by atoms with E-state index in [4.69, 9.17) is 11.6 Å². The molecule has 0 radical (unpaired) electrons. The fourth-order valence-electron chi connectivity index (χ4n) is 1.05. The number of hydrogen-bond acceptors (Lipinski definition) is 3. The van der Waals surface area contributed by atoms with Gasteiger partial charge in [0.15, 0.2) is 0 Å². The maximum absolute atomic E-state index is 11.2. The zero-order chi connectivity index (χ0) is 12.8. The van der Waals surface area contributed by atoms with Crippen LogP contribution in [0.4, 0.5) is 10.6 Å². The summed E-state index contributed by atoms with van der Waals surface area (Å²) in [6.07, 6.45) is 1.56. The van der Waals surface area contributed by atoms with Crippen LogP contribution in [0.5, 0.6) is 0 Å². The van der Waals surface area contributed by atoms with Gasteiger partial charge in [-0.25, -0.2) is 9.78 Å². The van der Waals surface area contributed by atoms with Gasteiger partial charge in [0.1, 0.15) is 5.82 Å². The number of aromatic nitrogens is 1. The number of amides is 2. The Labute approximate surface area is 114 Å². The average Bonchev–Trinajstić information content (AvgIpc) is 2.26. The van der Waals surface area contributed by atoms with Crippen molar-refractivity contribution >= 4 is 39.4 Å². The Bertz CT molecular complexity index is 400. The fraction of sp³-hybridized carbons (Fsp3) is 0.400. The smallest absolute Gasteiger partial charge is 0.316 e. The first-order valence-electron chi connectivity index (χ1n) is 5.01. The first-order valence-corrected chi connectivity index (χ1v) is 6.18. The highest BCUT2D eigenvalue weighted by molar-refractivity contribution is 9.10. The van der Waals surface area contributed by atoms with Gasteiger partial charge in [0.2, 0.25) is 0 Å². The zero-order valence-electron chi connectivity index (χ0n) is 9.63. The Balaban J connectivity index is 2.34. The summed E-state index contributed by atoms with van der Waals surface area (Å²) in [6.45, 7) is 1.11. The normalized spacial score (nSPS) is 9.88. The molecule has 0 aliphatic rings. The van der Waals surface area contributed by atoms with Crippen molar-refractivity contribution in [2.24, 2.45) is 0 Å². The van der Waals surface area contributed by atoms with Crippen LogP contribution in [-0.2, 0) is 0 Å². The summed E-state index contributed by atoms with van der Waals surface area (Å²) in [7, 11) is 3.39. The molecule has 1 rings (SSSR count). The summed E-state index contributed by atoms with van der Waals surface area (Å²) in [5.41, 5.74) is 0. The number of carbonyl (C=O) groups is 1. The van der Waals surface area contributed by atoms with Crippen LogP contribution >= 0.6 is 27.5 Å². The lowest BCUT2D eigenvalue weighted by Crippen LogP contribution is -2.37. The van der Waals surface area contributed by atoms with E-state index >= 15 is 0 Å². The van der Waals surface area contributed by atoms with Gasteiger partial charge >= 0.3 is 6.03 Å². The Morgan fingerprint density at radius 2 is 2.24 bits per heavy atom. The molecule has 0 saturated carbocycles. The van der Waals surface area contributed by atoms with Crippen LogP contribution in [0.25, 0.3) is 0 Å². The first kappa shape index (κ1) is 14.1. The van der Waals surface area contributed by atoms with Crippen LogP contribution < -0.4 is 10.6 Å². The van der Waals surface area contributed by atoms with E-state index in [9.17, 15) is 4.79 Å². The second-order valence-corrected chi connectivity index (χ2v) is 4.83. The van der Waals surface area contributed by atoms with Gasteiger partial charge in [-0.3, -0.25) is 0 Å². The van der Waals surface area contributed by atoms with E-state index in [1.54, 1.807) is 26.4 Å². The lowest BCUT2D eigenvalue weighted by atomic mass is 10.4. The maximum atomic E-state index is 11.2. The molecule has 7 heteroatoms. The lowest BCUT2D eigenvalue weighted by molar-refractivity contribution is 0.218. The van der Waals surface area contributed by atoms with Gasteiger partial charge in [-0.15, -0.1) is 0 Å². The molecule has 0 bridgehead atoms. The minimum absolute atomic E-state index is 0.116. The van der Waals surface area contributed by atoms with E-state index in [2.05, 4.69) is 31.5 Å². The Morgan fingerprint density at radius 1 is 1.53 bits per heavy atom. The molecule has 1 aromatic rings. The number of pyridine rings is 1. The van der Waals surface area contributed by atoms with Crippen LogP contribution in [0.2, 0.25) is 5.02 Å². The molecule has 1 aromatic heterocycles. The highest BCUT2D eigenvalue weighted by atomic mass is 79.9. The molecule has 0 aliphatic carbocycles. The third-order valence-electron chi connectivity index (χ3n) is 1.91. The van der Waals surface area contributed by atoms with E-state index in [1.807, 2.05) is 0 Å². The molecule has 0 spiro atoms. The highest BCUT2D eigenvalue weighted by Gasteiger charge is 2.03. The van der Waals surface area contributed by atoms with Crippen LogP contribution in [0.1, 0.15) is 0 Å². The molecule has 0 saturated heterocycles. The summed E-state index contributed by atoms with van der Waals surface area (Å²) < 4.78 is 0.795. The molecule has 2 N–H and O–H groups in total. The van der Waals surface area contributed by atoms with Crippen LogP contribution in [0.15, 0.2) is 16.7 Å². The molecule has 0 atom stereocenters. The van der Waals surface area contributed by atoms with Crippen molar-refractivity contribution in [3.8, 4) is 0 Å². The number of rotatable bonds is 4. The Morgan fingerprint density at radius 3 is 2.82 bits per heavy atom. The maximum Gasteiger partial charge on any atom is 0.316 e. The molecular formula is C10H14BrClN4O. The monoisotopic (exact) mass is 320 g/mol. The predicted octanol–water partition coefficient (Wildman–Crippen LogP) is 2.18. The van der Waals surface area contributed by atoms with E-state index in [-0.39, 0.29) is 6.03 Å². The minimum Gasteiger partial charge on any atom is -0.367 e. The Kier molecular flexibility index (Phi) is 5.50. The molecule has 0 fully saturated rings. The van der Waals surface area contributed by atoms with E-state index in [1.165, 1.54) is 4.90 Å². The number of anilines is 1. The van der Waals surface area contributed by atoms with E-state index < -0.39 is 0 Å². The lowest BCUT2D eigenvalue weighted by Gasteiger charge is -2.12. The molecule has 0 unspecified atom stereocenters. The number of carbonyl (C=O) groups excluding carboxylic acids is 1. The van der Waals surface area contributed by atoms with Gasteiger partial charge in [0.05, 0.1) is 9.50 Å². The quantitative estimate of drug-likeness (QED) is 0.836. The number of halogens is 2. The van der Waals surface area contributed by atoms with Crippen LogP contribution in [-0.4, -0.2) is 43.1 Å². The molecule has 17 heavy (non-hydrogen) atoms. The summed E-state index contributed by atoms with van der Waals surface area (Å²) in [4.78, 5) is 16.8. The van der Waals surface area contributed by atoms with Crippen molar-refractivity contribution in [2.45, 2.75) is 0 Å².